The Bertz CT molecular complexity index is 5960. The van der Waals surface area contributed by atoms with Gasteiger partial charge in [0, 0.05) is 145 Å². The van der Waals surface area contributed by atoms with Crippen molar-refractivity contribution in [3.63, 3.8) is 0 Å². The highest BCUT2D eigenvalue weighted by atomic mass is 35.5. The number of hydrogen-bond donors (Lipinski definition) is 9. The van der Waals surface area contributed by atoms with Crippen LogP contribution < -0.4 is 19.3 Å². The number of Topliss-reactive ketones (excluding diaryl/α,β-unsaturated/α-hetero) is 2. The van der Waals surface area contributed by atoms with Crippen LogP contribution in [0.5, 0.6) is 11.5 Å². The monoisotopic (exact) mass is 1990 g/mol. The topological polar surface area (TPSA) is 542 Å². The summed E-state index contributed by atoms with van der Waals surface area (Å²) in [6, 6.07) is 54.8. The minimum Gasteiger partial charge on any atom is -0.489 e. The Morgan fingerprint density at radius 3 is 1.06 bits per heavy atom. The summed E-state index contributed by atoms with van der Waals surface area (Å²) in [6.07, 6.45) is -21.4. The maximum absolute atomic E-state index is 13.6. The van der Waals surface area contributed by atoms with Crippen LogP contribution in [-0.4, -0.2) is 166 Å². The van der Waals surface area contributed by atoms with Crippen LogP contribution in [0.15, 0.2) is 206 Å². The highest BCUT2D eigenvalue weighted by Gasteiger charge is 2.50. The second-order valence-electron chi connectivity index (χ2n) is 29.7. The molecule has 8 aromatic rings. The van der Waals surface area contributed by atoms with Gasteiger partial charge in [0.05, 0.1) is 36.6 Å². The van der Waals surface area contributed by atoms with Crippen LogP contribution in [0.25, 0.3) is 0 Å². The lowest BCUT2D eigenvalue weighted by molar-refractivity contribution is -0.163. The van der Waals surface area contributed by atoms with Gasteiger partial charge in [-0.1, -0.05) is 84.9 Å². The molecule has 34 nitrogen and oxygen atoms in total. The number of ether oxygens (including phenoxy) is 5. The molecular weight excluding hydrogens is 1860 g/mol. The number of methoxy groups -OCH3 is 1. The number of esters is 5. The van der Waals surface area contributed by atoms with E-state index in [9.17, 15) is 104 Å². The summed E-state index contributed by atoms with van der Waals surface area (Å²) in [5.41, 5.74) is 4.92. The Balaban J connectivity index is 0.000000633. The first kappa shape index (κ1) is 96.5. The number of β-lactam (4-membered cyclic amide) rings is 2. The Kier molecular flexibility index (Phi) is 45.7. The molecule has 2 amide bonds. The van der Waals surface area contributed by atoms with E-state index in [0.717, 1.165) is 34.4 Å². The third-order valence-electron chi connectivity index (χ3n) is 17.4. The minimum absolute atomic E-state index is 0.0278. The van der Waals surface area contributed by atoms with Crippen molar-refractivity contribution >= 4 is 129 Å². The zero-order valence-electron chi connectivity index (χ0n) is 91.1. The number of aliphatic carboxylic acids is 8. The molecular formula is C101H113ClF4N2O32. The molecule has 754 valence electrons. The maximum atomic E-state index is 13.6. The Morgan fingerprint density at radius 2 is 0.757 bits per heavy atom. The number of halogens is 5. The summed E-state index contributed by atoms with van der Waals surface area (Å²) in [6.45, 7) is 8.69. The molecule has 3 saturated heterocycles. The number of amides is 2. The first-order valence-electron chi connectivity index (χ1n) is 49.1. The van der Waals surface area contributed by atoms with Crippen molar-refractivity contribution in [2.45, 2.75) is 206 Å². The van der Waals surface area contributed by atoms with Gasteiger partial charge in [0.15, 0.2) is 11.6 Å². The molecule has 0 radical (unpaired) electrons. The molecule has 4 unspecified atom stereocenters. The molecule has 4 atom stereocenters. The normalized spacial score (nSPS) is 16.1. The molecule has 3 aliphatic heterocycles. The summed E-state index contributed by atoms with van der Waals surface area (Å²) in [4.78, 5) is 196. The number of benzene rings is 8. The van der Waals surface area contributed by atoms with E-state index in [1.807, 2.05) is 106 Å². The number of nitrogens with zero attached hydrogens (tertiary/aromatic N) is 2. The number of carbonyl (C=O) groups is 18. The van der Waals surface area contributed by atoms with E-state index in [1.165, 1.54) is 98.7 Å². The predicted octanol–water partition coefficient (Wildman–Crippen LogP) is 17.3. The van der Waals surface area contributed by atoms with Crippen molar-refractivity contribution in [3.8, 4) is 11.5 Å². The first-order valence-corrected chi connectivity index (χ1v) is 42.1. The minimum atomic E-state index is -3.70. The number of anilines is 2. The van der Waals surface area contributed by atoms with Crippen LogP contribution in [0.1, 0.15) is 250 Å². The average molecular weight is 1990 g/mol. The van der Waals surface area contributed by atoms with E-state index >= 15 is 0 Å². The average Bonchev–Trinajstić information content (AvgIpc) is 0.709. The quantitative estimate of drug-likeness (QED) is 0.00330. The largest absolute Gasteiger partial charge is 0.489 e. The van der Waals surface area contributed by atoms with E-state index in [0.29, 0.717) is 73.8 Å². The van der Waals surface area contributed by atoms with Gasteiger partial charge in [-0.3, -0.25) is 86.3 Å². The van der Waals surface area contributed by atoms with Gasteiger partial charge in [-0.25, -0.2) is 17.6 Å². The van der Waals surface area contributed by atoms with Gasteiger partial charge in [0.25, 0.3) is 0 Å². The van der Waals surface area contributed by atoms with Gasteiger partial charge < -0.3 is 79.4 Å². The molecule has 3 fully saturated rings. The Hall–Kier alpha value is -15.2. The van der Waals surface area contributed by atoms with Crippen molar-refractivity contribution in [2.75, 3.05) is 16.9 Å². The molecule has 0 saturated carbocycles. The second-order valence-corrected chi connectivity index (χ2v) is 30.1. The molecule has 0 aromatic heterocycles. The lowest BCUT2D eigenvalue weighted by atomic mass is 9.78. The lowest BCUT2D eigenvalue weighted by Gasteiger charge is -2.47. The summed E-state index contributed by atoms with van der Waals surface area (Å²) >= 11 is 5.01. The fourth-order valence-corrected chi connectivity index (χ4v) is 11.5. The fourth-order valence-electron chi connectivity index (χ4n) is 11.4. The fraction of sp³-hybridized carbons (Fsp3) is 0.347. The van der Waals surface area contributed by atoms with Gasteiger partial charge in [0.2, 0.25) is 18.5 Å². The van der Waals surface area contributed by atoms with Gasteiger partial charge in [0.1, 0.15) is 48.0 Å². The zero-order chi connectivity index (χ0) is 118. The Morgan fingerprint density at radius 1 is 0.414 bits per heavy atom. The van der Waals surface area contributed by atoms with Crippen LogP contribution >= 0.6 is 11.6 Å². The number of ketones is 2. The highest BCUT2D eigenvalue weighted by molar-refractivity contribution is 6.63. The van der Waals surface area contributed by atoms with E-state index in [1.54, 1.807) is 41.3 Å². The van der Waals surface area contributed by atoms with E-state index in [2.05, 4.69) is 19.3 Å². The number of rotatable bonds is 38. The third kappa shape index (κ3) is 54.5. The van der Waals surface area contributed by atoms with Gasteiger partial charge in [-0.05, 0) is 227 Å². The predicted molar refractivity (Wildman–Crippen MR) is 497 cm³/mol. The molecule has 140 heavy (non-hydrogen) atoms. The first-order chi connectivity index (χ1) is 71.8. The summed E-state index contributed by atoms with van der Waals surface area (Å²) < 4.78 is 183. The summed E-state index contributed by atoms with van der Waals surface area (Å²) in [7, 11) is 1.31. The van der Waals surface area contributed by atoms with Crippen molar-refractivity contribution < 1.29 is 193 Å². The number of carboxylic acids is 8. The number of carbonyl (C=O) groups excluding carboxylic acids is 10. The molecule has 39 heteroatoms. The highest BCUT2D eigenvalue weighted by Crippen LogP contribution is 2.48. The van der Waals surface area contributed by atoms with Crippen molar-refractivity contribution in [3.05, 3.63) is 263 Å². The van der Waals surface area contributed by atoms with E-state index in [-0.39, 0.29) is 103 Å². The summed E-state index contributed by atoms with van der Waals surface area (Å²) in [5, 5.41) is 69.3. The van der Waals surface area contributed by atoms with Crippen molar-refractivity contribution in [1.82, 2.24) is 0 Å². The van der Waals surface area contributed by atoms with Gasteiger partial charge in [-0.15, -0.1) is 0 Å². The van der Waals surface area contributed by atoms with Crippen LogP contribution in [-0.2, 0) is 104 Å². The molecule has 8 aromatic carbocycles. The molecule has 9 N–H and O–H groups in total. The lowest BCUT2D eigenvalue weighted by Crippen LogP contribution is -2.55. The smallest absolute Gasteiger partial charge is 0.313 e. The number of carboxylic acid groups (broad SMARTS) is 8. The maximum Gasteiger partial charge on any atom is 0.313 e. The summed E-state index contributed by atoms with van der Waals surface area (Å²) in [5.74, 6) is -18.2. The number of aliphatic hydroxyl groups is 1. The molecule has 11 rings (SSSR count). The van der Waals surface area contributed by atoms with Gasteiger partial charge in [-0.2, -0.15) is 0 Å². The van der Waals surface area contributed by atoms with E-state index in [4.69, 9.17) is 82.5 Å². The van der Waals surface area contributed by atoms with Crippen molar-refractivity contribution in [1.29, 1.82) is 1.43 Å². The molecule has 3 aliphatic rings. The number of cyclic esters (lactones) is 2. The molecule has 0 spiro atoms. The standard InChI is InChI=1S/2C31H25F2NO3.C6H9ClO3.4C5H8O4.C5H6O3.C4H6O3.C4H10O/c2*32-24-10-6-22(7-11-24)29(35)19-18-28-30(34(31(28)36)26-14-12-25(33)13-15-26)23-8-16-27(17-9-23)37-20-21-4-2-1-3-5-21;1-10-6(9)4-2-3-5(7)8;4*6-4(7)2-1-3-5(8)9;6-4-2-1-3-5(7)8-4;1-3(5)7-4(2)6;1-4(2,3)5/h2*1-17,28,30H,18-20H2;2-4H2,1H3;4*1-3H2,(H,6,7)(H,8,9);1-3H2;1-2H3;5H,1-3H3/i19D2;;;1D2,2D2,3D2;2D2,3D2;1D2;;;;5D. The van der Waals surface area contributed by atoms with Crippen LogP contribution in [0.2, 0.25) is 0 Å². The van der Waals surface area contributed by atoms with E-state index < -0.39 is 170 Å². The molecule has 0 bridgehead atoms. The Labute approximate surface area is 829 Å². The van der Waals surface area contributed by atoms with Crippen LogP contribution in [0, 0.1) is 35.1 Å². The third-order valence-corrected chi connectivity index (χ3v) is 17.6. The van der Waals surface area contributed by atoms with Crippen LogP contribution in [0.4, 0.5) is 28.9 Å². The van der Waals surface area contributed by atoms with Crippen molar-refractivity contribution in [2.24, 2.45) is 11.8 Å². The SMILES string of the molecule is CC(=O)OC(C)=O.COC(=O)CCCC(=O)Cl.O=C(CCC1C(=O)N(c2ccc(F)cc2)C1c1ccc(OCc2ccccc2)cc1)c1ccc(F)cc1.O=C(O)CCCC(=O)O.O=C1CCCC(=O)O1.[2H]C([2H])(C(=O)O)C([2H])([2H])C([2H])([2H])C(=O)O.[2H]C([2H])(CC(=O)O)CC(=O)O.[2H]C([2H])(CC([2H])([2H])C(=O)O)C(=O)O.[2H]C([2H])(CC1C(=O)N(c2ccc(F)cc2)C1c1ccc(OCc2ccccc2)cc1)C(=O)c1ccc(F)cc1.[2H]OC(C)(C)C. The van der Waals surface area contributed by atoms with Gasteiger partial charge >= 0.3 is 77.6 Å². The van der Waals surface area contributed by atoms with Crippen LogP contribution in [0.3, 0.4) is 0 Å². The zero-order valence-corrected chi connectivity index (χ0v) is 76.9. The molecule has 0 aliphatic carbocycles. The second kappa shape index (κ2) is 66.3. The number of hydrogen-bond acceptors (Lipinski definition) is 24. The molecule has 3 heterocycles.